The van der Waals surface area contributed by atoms with E-state index in [1.54, 1.807) is 6.07 Å². The van der Waals surface area contributed by atoms with Gasteiger partial charge < -0.3 is 15.1 Å². The summed E-state index contributed by atoms with van der Waals surface area (Å²) in [5.74, 6) is 0.696. The standard InChI is InChI=1S/C24H29N5O3/c1-4-18(5-2)27-22(30)20-12-19(28-29-20)16-7-6-8-17(11-16)24-25-13-21(32-24)23(31)26-14(3)15-9-10-15/h6-8,11-15,18H,4-5,9-10H2,1-3H3,(H,26,31)(H,27,30)(H,28,29)/t14-/m0/s1. The smallest absolute Gasteiger partial charge is 0.288 e. The third-order valence-electron chi connectivity index (χ3n) is 5.97. The van der Waals surface area contributed by atoms with Crippen LogP contribution in [0.5, 0.6) is 0 Å². The lowest BCUT2D eigenvalue weighted by molar-refractivity contribution is 0.0906. The molecule has 8 nitrogen and oxygen atoms in total. The number of hydrogen-bond acceptors (Lipinski definition) is 5. The van der Waals surface area contributed by atoms with Gasteiger partial charge in [-0.25, -0.2) is 4.98 Å². The van der Waals surface area contributed by atoms with E-state index >= 15 is 0 Å². The summed E-state index contributed by atoms with van der Waals surface area (Å²) in [4.78, 5) is 29.1. The second-order valence-corrected chi connectivity index (χ2v) is 8.36. The van der Waals surface area contributed by atoms with Crippen molar-refractivity contribution in [2.45, 2.75) is 58.5 Å². The number of carbonyl (C=O) groups is 2. The maximum absolute atomic E-state index is 12.4. The molecule has 2 amide bonds. The molecule has 0 aliphatic heterocycles. The van der Waals surface area contributed by atoms with Crippen LogP contribution >= 0.6 is 0 Å². The molecule has 1 aromatic carbocycles. The summed E-state index contributed by atoms with van der Waals surface area (Å²) >= 11 is 0. The Morgan fingerprint density at radius 3 is 2.59 bits per heavy atom. The summed E-state index contributed by atoms with van der Waals surface area (Å²) in [5.41, 5.74) is 2.59. The van der Waals surface area contributed by atoms with Crippen LogP contribution in [0.2, 0.25) is 0 Å². The quantitative estimate of drug-likeness (QED) is 0.467. The van der Waals surface area contributed by atoms with Gasteiger partial charge in [0.1, 0.15) is 5.69 Å². The minimum atomic E-state index is -0.250. The monoisotopic (exact) mass is 435 g/mol. The zero-order chi connectivity index (χ0) is 22.7. The fourth-order valence-electron chi connectivity index (χ4n) is 3.66. The van der Waals surface area contributed by atoms with E-state index in [4.69, 9.17) is 4.42 Å². The van der Waals surface area contributed by atoms with Crippen LogP contribution in [0.1, 0.15) is 67.5 Å². The lowest BCUT2D eigenvalue weighted by Gasteiger charge is -2.13. The van der Waals surface area contributed by atoms with E-state index in [1.807, 2.05) is 45.0 Å². The highest BCUT2D eigenvalue weighted by Gasteiger charge is 2.29. The van der Waals surface area contributed by atoms with Crippen LogP contribution < -0.4 is 10.6 Å². The van der Waals surface area contributed by atoms with E-state index in [1.165, 1.54) is 6.20 Å². The fraction of sp³-hybridized carbons (Fsp3) is 0.417. The molecule has 1 fully saturated rings. The third kappa shape index (κ3) is 4.90. The summed E-state index contributed by atoms with van der Waals surface area (Å²) in [6, 6.07) is 9.50. The lowest BCUT2D eigenvalue weighted by atomic mass is 10.1. The molecular weight excluding hydrogens is 406 g/mol. The molecule has 2 heterocycles. The molecule has 0 unspecified atom stereocenters. The summed E-state index contributed by atoms with van der Waals surface area (Å²) in [5, 5.41) is 13.1. The minimum Gasteiger partial charge on any atom is -0.431 e. The fourth-order valence-corrected chi connectivity index (χ4v) is 3.66. The molecule has 0 spiro atoms. The van der Waals surface area contributed by atoms with Crippen LogP contribution in [0.15, 0.2) is 40.9 Å². The Balaban J connectivity index is 1.47. The zero-order valence-corrected chi connectivity index (χ0v) is 18.6. The summed E-state index contributed by atoms with van der Waals surface area (Å²) < 4.78 is 5.72. The first kappa shape index (κ1) is 21.8. The van der Waals surface area contributed by atoms with Crippen molar-refractivity contribution < 1.29 is 14.0 Å². The average molecular weight is 436 g/mol. The third-order valence-corrected chi connectivity index (χ3v) is 5.97. The summed E-state index contributed by atoms with van der Waals surface area (Å²) in [6.45, 7) is 6.10. The maximum atomic E-state index is 12.4. The Labute approximate surface area is 187 Å². The number of nitrogens with one attached hydrogen (secondary N) is 3. The highest BCUT2D eigenvalue weighted by atomic mass is 16.4. The molecule has 168 valence electrons. The van der Waals surface area contributed by atoms with Gasteiger partial charge in [-0.2, -0.15) is 5.10 Å². The van der Waals surface area contributed by atoms with E-state index < -0.39 is 0 Å². The Morgan fingerprint density at radius 1 is 1.12 bits per heavy atom. The van der Waals surface area contributed by atoms with Gasteiger partial charge in [0.15, 0.2) is 0 Å². The van der Waals surface area contributed by atoms with Crippen LogP contribution in [-0.4, -0.2) is 39.1 Å². The van der Waals surface area contributed by atoms with Crippen LogP contribution in [0, 0.1) is 5.92 Å². The number of amides is 2. The number of rotatable bonds is 9. The molecule has 0 saturated heterocycles. The van der Waals surface area contributed by atoms with Crippen molar-refractivity contribution in [3.8, 4) is 22.7 Å². The number of aromatic amines is 1. The number of benzene rings is 1. The normalized spacial score (nSPS) is 14.4. The average Bonchev–Trinajstić information content (AvgIpc) is 3.33. The zero-order valence-electron chi connectivity index (χ0n) is 18.6. The van der Waals surface area contributed by atoms with E-state index in [0.29, 0.717) is 23.2 Å². The van der Waals surface area contributed by atoms with Gasteiger partial charge in [-0.05, 0) is 56.7 Å². The molecule has 1 saturated carbocycles. The maximum Gasteiger partial charge on any atom is 0.288 e. The van der Waals surface area contributed by atoms with Crippen LogP contribution in [-0.2, 0) is 0 Å². The second-order valence-electron chi connectivity index (χ2n) is 8.36. The Morgan fingerprint density at radius 2 is 1.88 bits per heavy atom. The van der Waals surface area contributed by atoms with Gasteiger partial charge in [0.25, 0.3) is 11.8 Å². The van der Waals surface area contributed by atoms with Crippen LogP contribution in [0.3, 0.4) is 0 Å². The number of aromatic nitrogens is 3. The SMILES string of the molecule is CCC(CC)NC(=O)c1cc(-c2cccc(-c3ncc(C(=O)N[C@@H](C)C4CC4)o3)c2)n[nH]1. The van der Waals surface area contributed by atoms with Gasteiger partial charge in [-0.3, -0.25) is 14.7 Å². The van der Waals surface area contributed by atoms with Crippen molar-refractivity contribution in [3.05, 3.63) is 48.0 Å². The van der Waals surface area contributed by atoms with Gasteiger partial charge in [-0.1, -0.05) is 26.0 Å². The first-order valence-electron chi connectivity index (χ1n) is 11.2. The molecule has 2 aromatic heterocycles. The van der Waals surface area contributed by atoms with Crippen LogP contribution in [0.25, 0.3) is 22.7 Å². The van der Waals surface area contributed by atoms with Gasteiger partial charge in [-0.15, -0.1) is 0 Å². The number of hydrogen-bond donors (Lipinski definition) is 3. The largest absolute Gasteiger partial charge is 0.431 e. The number of carbonyl (C=O) groups excluding carboxylic acids is 2. The molecule has 0 radical (unpaired) electrons. The van der Waals surface area contributed by atoms with Crippen LogP contribution in [0.4, 0.5) is 0 Å². The molecule has 8 heteroatoms. The van der Waals surface area contributed by atoms with Crippen molar-refractivity contribution in [1.82, 2.24) is 25.8 Å². The Hall–Kier alpha value is -3.42. The molecular formula is C24H29N5O3. The molecule has 3 N–H and O–H groups in total. The molecule has 1 aliphatic rings. The van der Waals surface area contributed by atoms with Gasteiger partial charge in [0.2, 0.25) is 11.7 Å². The number of oxazole rings is 1. The summed E-state index contributed by atoms with van der Waals surface area (Å²) in [6.07, 6.45) is 5.52. The molecule has 3 aromatic rings. The molecule has 1 atom stereocenters. The Bertz CT molecular complexity index is 1030. The minimum absolute atomic E-state index is 0.135. The van der Waals surface area contributed by atoms with E-state index in [-0.39, 0.29) is 29.7 Å². The molecule has 4 rings (SSSR count). The topological polar surface area (TPSA) is 113 Å². The highest BCUT2D eigenvalue weighted by molar-refractivity contribution is 5.93. The van der Waals surface area contributed by atoms with E-state index in [0.717, 1.165) is 36.8 Å². The second kappa shape index (κ2) is 9.38. The van der Waals surface area contributed by atoms with Crippen molar-refractivity contribution in [2.75, 3.05) is 0 Å². The predicted octanol–water partition coefficient (Wildman–Crippen LogP) is 4.18. The first-order chi connectivity index (χ1) is 15.5. The molecule has 0 bridgehead atoms. The van der Waals surface area contributed by atoms with Crippen molar-refractivity contribution >= 4 is 11.8 Å². The Kier molecular flexibility index (Phi) is 6.39. The van der Waals surface area contributed by atoms with E-state index in [2.05, 4.69) is 25.8 Å². The van der Waals surface area contributed by atoms with Gasteiger partial charge >= 0.3 is 0 Å². The van der Waals surface area contributed by atoms with Gasteiger partial charge in [0, 0.05) is 23.2 Å². The van der Waals surface area contributed by atoms with Crippen molar-refractivity contribution in [2.24, 2.45) is 5.92 Å². The summed E-state index contributed by atoms with van der Waals surface area (Å²) in [7, 11) is 0. The van der Waals surface area contributed by atoms with Gasteiger partial charge in [0.05, 0.1) is 11.9 Å². The molecule has 32 heavy (non-hydrogen) atoms. The number of H-pyrrole nitrogens is 1. The molecule has 1 aliphatic carbocycles. The first-order valence-corrected chi connectivity index (χ1v) is 11.2. The van der Waals surface area contributed by atoms with Crippen molar-refractivity contribution in [1.29, 1.82) is 0 Å². The van der Waals surface area contributed by atoms with E-state index in [9.17, 15) is 9.59 Å². The lowest BCUT2D eigenvalue weighted by Crippen LogP contribution is -2.33. The predicted molar refractivity (Wildman–Crippen MR) is 121 cm³/mol. The van der Waals surface area contributed by atoms with Crippen molar-refractivity contribution in [3.63, 3.8) is 0 Å². The highest BCUT2D eigenvalue weighted by Crippen LogP contribution is 2.32. The number of nitrogens with zero attached hydrogens (tertiary/aromatic N) is 2.